The Bertz CT molecular complexity index is 346. The van der Waals surface area contributed by atoms with E-state index in [4.69, 9.17) is 4.74 Å². The van der Waals surface area contributed by atoms with Crippen LogP contribution >= 0.6 is 0 Å². The zero-order valence-electron chi connectivity index (χ0n) is 9.55. The highest BCUT2D eigenvalue weighted by Crippen LogP contribution is 2.12. The average Bonchev–Trinajstić information content (AvgIpc) is 2.16. The summed E-state index contributed by atoms with van der Waals surface area (Å²) in [5.41, 5.74) is 1.53. The van der Waals surface area contributed by atoms with Crippen molar-refractivity contribution in [1.29, 1.82) is 0 Å². The van der Waals surface area contributed by atoms with Crippen LogP contribution in [0.15, 0.2) is 18.2 Å². The fourth-order valence-electron chi connectivity index (χ4n) is 1.38. The monoisotopic (exact) mass is 225 g/mol. The van der Waals surface area contributed by atoms with E-state index in [2.05, 4.69) is 5.32 Å². The van der Waals surface area contributed by atoms with Crippen LogP contribution < -0.4 is 5.32 Å². The van der Waals surface area contributed by atoms with Gasteiger partial charge in [0.2, 0.25) is 0 Å². The van der Waals surface area contributed by atoms with E-state index in [0.29, 0.717) is 18.8 Å². The number of anilines is 1. The van der Waals surface area contributed by atoms with Crippen LogP contribution in [0.3, 0.4) is 0 Å². The molecule has 1 rings (SSSR count). The van der Waals surface area contributed by atoms with E-state index in [1.165, 1.54) is 12.1 Å². The molecule has 1 N–H and O–H groups in total. The maximum absolute atomic E-state index is 13.0. The highest BCUT2D eigenvalue weighted by molar-refractivity contribution is 5.70. The second-order valence-corrected chi connectivity index (χ2v) is 3.50. The van der Waals surface area contributed by atoms with Crippen LogP contribution in [0.2, 0.25) is 0 Å². The van der Waals surface area contributed by atoms with E-state index in [9.17, 15) is 9.18 Å². The summed E-state index contributed by atoms with van der Waals surface area (Å²) >= 11 is 0. The molecule has 1 aromatic rings. The molecule has 0 atom stereocenters. The summed E-state index contributed by atoms with van der Waals surface area (Å²) in [7, 11) is 0. The van der Waals surface area contributed by atoms with E-state index in [1.54, 1.807) is 6.92 Å². The smallest absolute Gasteiger partial charge is 0.307 e. The molecule has 16 heavy (non-hydrogen) atoms. The third-order valence-corrected chi connectivity index (χ3v) is 2.01. The van der Waals surface area contributed by atoms with Gasteiger partial charge < -0.3 is 10.1 Å². The molecular formula is C12H16FNO2. The van der Waals surface area contributed by atoms with Crippen molar-refractivity contribution in [2.75, 3.05) is 18.5 Å². The van der Waals surface area contributed by atoms with Crippen molar-refractivity contribution in [3.63, 3.8) is 0 Å². The molecular weight excluding hydrogens is 209 g/mol. The summed E-state index contributed by atoms with van der Waals surface area (Å²) in [5, 5.41) is 2.97. The molecule has 0 spiro atoms. The summed E-state index contributed by atoms with van der Waals surface area (Å²) < 4.78 is 17.8. The van der Waals surface area contributed by atoms with E-state index in [1.807, 2.05) is 13.0 Å². The number of hydrogen-bond acceptors (Lipinski definition) is 3. The number of nitrogens with one attached hydrogen (secondary N) is 1. The van der Waals surface area contributed by atoms with Crippen molar-refractivity contribution in [2.45, 2.75) is 20.3 Å². The number of carbonyl (C=O) groups excluding carboxylic acids is 1. The maximum Gasteiger partial charge on any atom is 0.307 e. The largest absolute Gasteiger partial charge is 0.466 e. The van der Waals surface area contributed by atoms with Crippen molar-refractivity contribution in [3.05, 3.63) is 29.6 Å². The SMILES string of the molecule is CCOC(=O)CCNc1cc(C)cc(F)c1. The van der Waals surface area contributed by atoms with E-state index in [0.717, 1.165) is 5.56 Å². The number of esters is 1. The predicted octanol–water partition coefficient (Wildman–Crippen LogP) is 2.50. The third-order valence-electron chi connectivity index (χ3n) is 2.01. The molecule has 4 heteroatoms. The van der Waals surface area contributed by atoms with Gasteiger partial charge in [0.1, 0.15) is 5.82 Å². The van der Waals surface area contributed by atoms with Gasteiger partial charge in [-0.2, -0.15) is 0 Å². The van der Waals surface area contributed by atoms with Crippen LogP contribution in [-0.2, 0) is 9.53 Å². The number of benzene rings is 1. The molecule has 0 saturated heterocycles. The Hall–Kier alpha value is -1.58. The first-order valence-corrected chi connectivity index (χ1v) is 5.28. The minimum atomic E-state index is -0.279. The third kappa shape index (κ3) is 4.29. The lowest BCUT2D eigenvalue weighted by Gasteiger charge is -2.07. The standard InChI is InChI=1S/C12H16FNO2/c1-3-16-12(15)4-5-14-11-7-9(2)6-10(13)8-11/h6-8,14H,3-5H2,1-2H3. The zero-order valence-corrected chi connectivity index (χ0v) is 9.55. The van der Waals surface area contributed by atoms with Crippen molar-refractivity contribution >= 4 is 11.7 Å². The molecule has 0 aromatic heterocycles. The van der Waals surface area contributed by atoms with Crippen LogP contribution in [-0.4, -0.2) is 19.1 Å². The fourth-order valence-corrected chi connectivity index (χ4v) is 1.38. The van der Waals surface area contributed by atoms with Gasteiger partial charge in [-0.25, -0.2) is 4.39 Å². The lowest BCUT2D eigenvalue weighted by molar-refractivity contribution is -0.142. The van der Waals surface area contributed by atoms with Gasteiger partial charge in [-0.3, -0.25) is 4.79 Å². The lowest BCUT2D eigenvalue weighted by atomic mass is 10.2. The summed E-state index contributed by atoms with van der Waals surface area (Å²) in [4.78, 5) is 11.0. The molecule has 0 bridgehead atoms. The van der Waals surface area contributed by atoms with Crippen LogP contribution in [0.4, 0.5) is 10.1 Å². The van der Waals surface area contributed by atoms with Gasteiger partial charge in [-0.1, -0.05) is 0 Å². The highest BCUT2D eigenvalue weighted by atomic mass is 19.1. The summed E-state index contributed by atoms with van der Waals surface area (Å²) in [5.74, 6) is -0.526. The van der Waals surface area contributed by atoms with Gasteiger partial charge >= 0.3 is 5.97 Å². The number of hydrogen-bond donors (Lipinski definition) is 1. The number of ether oxygens (including phenoxy) is 1. The predicted molar refractivity (Wildman–Crippen MR) is 60.9 cm³/mol. The van der Waals surface area contributed by atoms with Gasteiger partial charge in [-0.15, -0.1) is 0 Å². The molecule has 1 aromatic carbocycles. The normalized spacial score (nSPS) is 9.94. The topological polar surface area (TPSA) is 38.3 Å². The Morgan fingerprint density at radius 3 is 2.81 bits per heavy atom. The van der Waals surface area contributed by atoms with Crippen LogP contribution in [0, 0.1) is 12.7 Å². The van der Waals surface area contributed by atoms with Gasteiger partial charge in [-0.05, 0) is 37.6 Å². The zero-order chi connectivity index (χ0) is 12.0. The number of aryl methyl sites for hydroxylation is 1. The first kappa shape index (κ1) is 12.5. The van der Waals surface area contributed by atoms with E-state index < -0.39 is 0 Å². The summed E-state index contributed by atoms with van der Waals surface area (Å²) in [6.07, 6.45) is 0.281. The minimum absolute atomic E-state index is 0.247. The Morgan fingerprint density at radius 1 is 1.44 bits per heavy atom. The molecule has 0 unspecified atom stereocenters. The Labute approximate surface area is 94.6 Å². The Kier molecular flexibility index (Phi) is 4.76. The first-order chi connectivity index (χ1) is 7.61. The summed E-state index contributed by atoms with van der Waals surface area (Å²) in [6.45, 7) is 4.42. The second kappa shape index (κ2) is 6.10. The quantitative estimate of drug-likeness (QED) is 0.782. The Balaban J connectivity index is 2.40. The molecule has 3 nitrogen and oxygen atoms in total. The van der Waals surface area contributed by atoms with Crippen LogP contribution in [0.1, 0.15) is 18.9 Å². The molecule has 0 fully saturated rings. The fraction of sp³-hybridized carbons (Fsp3) is 0.417. The Morgan fingerprint density at radius 2 is 2.19 bits per heavy atom. The van der Waals surface area contributed by atoms with Crippen molar-refractivity contribution < 1.29 is 13.9 Å². The van der Waals surface area contributed by atoms with Crippen LogP contribution in [0.5, 0.6) is 0 Å². The number of rotatable bonds is 5. The van der Waals surface area contributed by atoms with E-state index in [-0.39, 0.29) is 18.2 Å². The molecule has 88 valence electrons. The number of carbonyl (C=O) groups is 1. The van der Waals surface area contributed by atoms with Gasteiger partial charge in [0.15, 0.2) is 0 Å². The highest BCUT2D eigenvalue weighted by Gasteiger charge is 2.02. The van der Waals surface area contributed by atoms with E-state index >= 15 is 0 Å². The van der Waals surface area contributed by atoms with Crippen molar-refractivity contribution in [1.82, 2.24) is 0 Å². The maximum atomic E-state index is 13.0. The second-order valence-electron chi connectivity index (χ2n) is 3.50. The molecule has 0 aliphatic carbocycles. The van der Waals surface area contributed by atoms with Gasteiger partial charge in [0, 0.05) is 12.2 Å². The molecule has 0 aliphatic heterocycles. The molecule has 0 radical (unpaired) electrons. The summed E-state index contributed by atoms with van der Waals surface area (Å²) in [6, 6.07) is 4.68. The molecule has 0 amide bonds. The van der Waals surface area contributed by atoms with Crippen LogP contribution in [0.25, 0.3) is 0 Å². The van der Waals surface area contributed by atoms with Gasteiger partial charge in [0.05, 0.1) is 13.0 Å². The average molecular weight is 225 g/mol. The molecule has 0 aliphatic rings. The van der Waals surface area contributed by atoms with Crippen molar-refractivity contribution in [2.24, 2.45) is 0 Å². The minimum Gasteiger partial charge on any atom is -0.466 e. The van der Waals surface area contributed by atoms with Gasteiger partial charge in [0.25, 0.3) is 0 Å². The first-order valence-electron chi connectivity index (χ1n) is 5.28. The number of halogens is 1. The lowest BCUT2D eigenvalue weighted by Crippen LogP contribution is -2.11. The molecule has 0 heterocycles. The van der Waals surface area contributed by atoms with Crippen molar-refractivity contribution in [3.8, 4) is 0 Å². The molecule has 0 saturated carbocycles.